The maximum Gasteiger partial charge on any atom is 0.143 e. The first kappa shape index (κ1) is 13.5. The molecule has 96 valence electrons. The molecule has 0 aliphatic heterocycles. The lowest BCUT2D eigenvalue weighted by molar-refractivity contribution is 0.468. The molecular formula is C13H14Br2N2O. The standard InChI is InChI=1S/C13H14Br2N2O/c1-8-3-4-9(2)17(8)16-7-10-5-11(14)13(18)12(15)6-10/h3-6,16,18H,7H2,1-2H3. The van der Waals surface area contributed by atoms with Gasteiger partial charge in [0.2, 0.25) is 0 Å². The van der Waals surface area contributed by atoms with Crippen molar-refractivity contribution < 1.29 is 5.11 Å². The molecule has 5 heteroatoms. The van der Waals surface area contributed by atoms with Crippen LogP contribution in [0.2, 0.25) is 0 Å². The van der Waals surface area contributed by atoms with Crippen LogP contribution in [0.25, 0.3) is 0 Å². The lowest BCUT2D eigenvalue weighted by Gasteiger charge is -2.13. The first-order valence-corrected chi connectivity index (χ1v) is 7.13. The molecule has 0 radical (unpaired) electrons. The van der Waals surface area contributed by atoms with Crippen LogP contribution in [0, 0.1) is 13.8 Å². The number of phenols is 1. The minimum Gasteiger partial charge on any atom is -0.506 e. The summed E-state index contributed by atoms with van der Waals surface area (Å²) in [7, 11) is 0. The van der Waals surface area contributed by atoms with Crippen molar-refractivity contribution in [3.05, 3.63) is 50.2 Å². The Morgan fingerprint density at radius 2 is 1.61 bits per heavy atom. The largest absolute Gasteiger partial charge is 0.506 e. The molecule has 3 nitrogen and oxygen atoms in total. The number of nitrogens with zero attached hydrogens (tertiary/aromatic N) is 1. The van der Waals surface area contributed by atoms with Crippen LogP contribution in [0.3, 0.4) is 0 Å². The van der Waals surface area contributed by atoms with Crippen LogP contribution in [-0.4, -0.2) is 9.78 Å². The molecule has 2 rings (SSSR count). The maximum absolute atomic E-state index is 9.65. The van der Waals surface area contributed by atoms with Crippen LogP contribution in [0.4, 0.5) is 0 Å². The molecule has 0 bridgehead atoms. The third-order valence-corrected chi connectivity index (χ3v) is 4.00. The Labute approximate surface area is 123 Å². The van der Waals surface area contributed by atoms with Gasteiger partial charge < -0.3 is 10.5 Å². The number of rotatable bonds is 3. The fourth-order valence-electron chi connectivity index (χ4n) is 1.81. The molecule has 0 spiro atoms. The SMILES string of the molecule is Cc1ccc(C)n1NCc1cc(Br)c(O)c(Br)c1. The van der Waals surface area contributed by atoms with Crippen molar-refractivity contribution in [3.8, 4) is 5.75 Å². The number of phenolic OH excluding ortho intramolecular Hbond substituents is 1. The number of hydrogen-bond donors (Lipinski definition) is 2. The van der Waals surface area contributed by atoms with E-state index in [-0.39, 0.29) is 5.75 Å². The van der Waals surface area contributed by atoms with E-state index < -0.39 is 0 Å². The van der Waals surface area contributed by atoms with Crippen molar-refractivity contribution in [3.63, 3.8) is 0 Å². The first-order chi connectivity index (χ1) is 8.49. The molecule has 0 unspecified atom stereocenters. The van der Waals surface area contributed by atoms with Crippen molar-refractivity contribution in [1.29, 1.82) is 0 Å². The van der Waals surface area contributed by atoms with E-state index in [1.807, 2.05) is 12.1 Å². The molecule has 18 heavy (non-hydrogen) atoms. The van der Waals surface area contributed by atoms with Gasteiger partial charge in [-0.3, -0.25) is 4.68 Å². The van der Waals surface area contributed by atoms with Crippen molar-refractivity contribution in [2.24, 2.45) is 0 Å². The number of aromatic nitrogens is 1. The van der Waals surface area contributed by atoms with Gasteiger partial charge >= 0.3 is 0 Å². The third-order valence-electron chi connectivity index (χ3n) is 2.79. The second-order valence-corrected chi connectivity index (χ2v) is 5.90. The zero-order valence-electron chi connectivity index (χ0n) is 10.2. The molecule has 1 aromatic heterocycles. The molecule has 2 aromatic rings. The van der Waals surface area contributed by atoms with Gasteiger partial charge in [-0.2, -0.15) is 0 Å². The summed E-state index contributed by atoms with van der Waals surface area (Å²) in [5.41, 5.74) is 6.77. The van der Waals surface area contributed by atoms with E-state index in [9.17, 15) is 5.11 Å². The quantitative estimate of drug-likeness (QED) is 0.850. The minimum atomic E-state index is 0.229. The molecule has 0 saturated carbocycles. The van der Waals surface area contributed by atoms with Gasteiger partial charge in [0.15, 0.2) is 0 Å². The number of hydrogen-bond acceptors (Lipinski definition) is 2. The Morgan fingerprint density at radius 3 is 2.11 bits per heavy atom. The highest BCUT2D eigenvalue weighted by atomic mass is 79.9. The Balaban J connectivity index is 2.16. The summed E-state index contributed by atoms with van der Waals surface area (Å²) >= 11 is 6.66. The molecule has 1 heterocycles. The van der Waals surface area contributed by atoms with E-state index in [2.05, 4.69) is 67.9 Å². The lowest BCUT2D eigenvalue weighted by Crippen LogP contribution is -2.16. The van der Waals surface area contributed by atoms with E-state index in [1.165, 1.54) is 11.4 Å². The zero-order valence-corrected chi connectivity index (χ0v) is 13.3. The Kier molecular flexibility index (Phi) is 4.02. The number of benzene rings is 1. The third kappa shape index (κ3) is 2.72. The van der Waals surface area contributed by atoms with Gasteiger partial charge in [-0.25, -0.2) is 0 Å². The van der Waals surface area contributed by atoms with E-state index in [0.717, 1.165) is 5.56 Å². The first-order valence-electron chi connectivity index (χ1n) is 5.54. The van der Waals surface area contributed by atoms with Gasteiger partial charge in [0.1, 0.15) is 5.75 Å². The van der Waals surface area contributed by atoms with E-state index in [1.54, 1.807) is 0 Å². The van der Waals surface area contributed by atoms with Crippen LogP contribution in [-0.2, 0) is 6.54 Å². The van der Waals surface area contributed by atoms with Gasteiger partial charge in [-0.05, 0) is 75.5 Å². The highest BCUT2D eigenvalue weighted by Crippen LogP contribution is 2.33. The van der Waals surface area contributed by atoms with E-state index in [4.69, 9.17) is 0 Å². The lowest BCUT2D eigenvalue weighted by atomic mass is 10.2. The van der Waals surface area contributed by atoms with Gasteiger partial charge in [-0.1, -0.05) is 0 Å². The van der Waals surface area contributed by atoms with E-state index >= 15 is 0 Å². The predicted octanol–water partition coefficient (Wildman–Crippen LogP) is 4.08. The van der Waals surface area contributed by atoms with Gasteiger partial charge in [-0.15, -0.1) is 0 Å². The molecule has 0 atom stereocenters. The zero-order chi connectivity index (χ0) is 13.3. The molecule has 0 aliphatic carbocycles. The summed E-state index contributed by atoms with van der Waals surface area (Å²) in [5.74, 6) is 0.229. The van der Waals surface area contributed by atoms with E-state index in [0.29, 0.717) is 15.5 Å². The number of aryl methyl sites for hydroxylation is 2. The van der Waals surface area contributed by atoms with Crippen LogP contribution < -0.4 is 5.43 Å². The molecule has 1 aromatic carbocycles. The van der Waals surface area contributed by atoms with Crippen LogP contribution in [0.5, 0.6) is 5.75 Å². The van der Waals surface area contributed by atoms with Crippen molar-refractivity contribution in [1.82, 2.24) is 4.68 Å². The minimum absolute atomic E-state index is 0.229. The molecule has 0 saturated heterocycles. The van der Waals surface area contributed by atoms with Crippen molar-refractivity contribution >= 4 is 31.9 Å². The predicted molar refractivity (Wildman–Crippen MR) is 80.5 cm³/mol. The Bertz CT molecular complexity index is 536. The number of halogens is 2. The van der Waals surface area contributed by atoms with Gasteiger partial charge in [0.25, 0.3) is 0 Å². The summed E-state index contributed by atoms with van der Waals surface area (Å²) in [6.45, 7) is 4.80. The monoisotopic (exact) mass is 372 g/mol. The number of aromatic hydroxyl groups is 1. The fraction of sp³-hybridized carbons (Fsp3) is 0.231. The maximum atomic E-state index is 9.65. The second-order valence-electron chi connectivity index (χ2n) is 4.19. The summed E-state index contributed by atoms with van der Waals surface area (Å²) in [6.07, 6.45) is 0. The number of nitrogens with one attached hydrogen (secondary N) is 1. The van der Waals surface area contributed by atoms with Crippen LogP contribution >= 0.6 is 31.9 Å². The molecule has 0 amide bonds. The summed E-state index contributed by atoms with van der Waals surface area (Å²) in [6, 6.07) is 7.96. The smallest absolute Gasteiger partial charge is 0.143 e. The molecule has 0 aliphatic rings. The highest BCUT2D eigenvalue weighted by molar-refractivity contribution is 9.11. The Hall–Kier alpha value is -0.940. The second kappa shape index (κ2) is 5.36. The highest BCUT2D eigenvalue weighted by Gasteiger charge is 2.06. The summed E-state index contributed by atoms with van der Waals surface area (Å²) in [4.78, 5) is 0. The molecular weight excluding hydrogens is 360 g/mol. The average Bonchev–Trinajstić information content (AvgIpc) is 2.63. The van der Waals surface area contributed by atoms with Crippen LogP contribution in [0.15, 0.2) is 33.2 Å². The Morgan fingerprint density at radius 1 is 1.11 bits per heavy atom. The molecule has 0 fully saturated rings. The average molecular weight is 374 g/mol. The van der Waals surface area contributed by atoms with Crippen LogP contribution in [0.1, 0.15) is 17.0 Å². The topological polar surface area (TPSA) is 37.2 Å². The fourth-order valence-corrected chi connectivity index (χ4v) is 3.09. The van der Waals surface area contributed by atoms with Crippen molar-refractivity contribution in [2.75, 3.05) is 5.43 Å². The van der Waals surface area contributed by atoms with Crippen molar-refractivity contribution in [2.45, 2.75) is 20.4 Å². The summed E-state index contributed by atoms with van der Waals surface area (Å²) in [5, 5.41) is 9.65. The summed E-state index contributed by atoms with van der Waals surface area (Å²) < 4.78 is 3.43. The normalized spacial score (nSPS) is 10.7. The van der Waals surface area contributed by atoms with Gasteiger partial charge in [0.05, 0.1) is 15.5 Å². The molecule has 2 N–H and O–H groups in total. The van der Waals surface area contributed by atoms with Gasteiger partial charge in [0, 0.05) is 11.4 Å².